The van der Waals surface area contributed by atoms with Crippen LogP contribution in [0.3, 0.4) is 0 Å². The number of nitrogens with two attached hydrogens (primary N) is 1. The minimum absolute atomic E-state index is 0.0365. The van der Waals surface area contributed by atoms with Crippen LogP contribution in [0.25, 0.3) is 0 Å². The molecule has 0 heterocycles. The molecular formula is C17H19NO3. The van der Waals surface area contributed by atoms with E-state index in [-0.39, 0.29) is 11.9 Å². The van der Waals surface area contributed by atoms with Gasteiger partial charge in [-0.15, -0.1) is 0 Å². The van der Waals surface area contributed by atoms with Gasteiger partial charge in [0.25, 0.3) is 0 Å². The predicted octanol–water partition coefficient (Wildman–Crippen LogP) is 3.30. The summed E-state index contributed by atoms with van der Waals surface area (Å²) in [6, 6.07) is 12.1. The molecule has 0 unspecified atom stereocenters. The van der Waals surface area contributed by atoms with E-state index >= 15 is 0 Å². The van der Waals surface area contributed by atoms with E-state index < -0.39 is 0 Å². The van der Waals surface area contributed by atoms with E-state index in [2.05, 4.69) is 0 Å². The van der Waals surface area contributed by atoms with Crippen LogP contribution in [-0.2, 0) is 0 Å². The molecule has 0 fully saturated rings. The zero-order valence-corrected chi connectivity index (χ0v) is 12.4. The number of methoxy groups -OCH3 is 1. The molecule has 21 heavy (non-hydrogen) atoms. The summed E-state index contributed by atoms with van der Waals surface area (Å²) in [5, 5.41) is 0. The van der Waals surface area contributed by atoms with Crippen LogP contribution in [0.5, 0.6) is 11.5 Å². The lowest BCUT2D eigenvalue weighted by atomic mass is 10.0. The molecule has 2 aromatic carbocycles. The lowest BCUT2D eigenvalue weighted by Crippen LogP contribution is -2.08. The first kappa shape index (κ1) is 14.9. The van der Waals surface area contributed by atoms with Crippen LogP contribution < -0.4 is 15.2 Å². The second-order valence-corrected chi connectivity index (χ2v) is 4.99. The van der Waals surface area contributed by atoms with Gasteiger partial charge in [-0.3, -0.25) is 4.79 Å². The lowest BCUT2D eigenvalue weighted by Gasteiger charge is -2.14. The number of ether oxygens (including phenoxy) is 2. The van der Waals surface area contributed by atoms with Gasteiger partial charge in [-0.1, -0.05) is 12.1 Å². The van der Waals surface area contributed by atoms with E-state index in [0.29, 0.717) is 28.3 Å². The first-order valence-electron chi connectivity index (χ1n) is 6.76. The molecule has 0 aliphatic heterocycles. The Kier molecular flexibility index (Phi) is 4.48. The van der Waals surface area contributed by atoms with Crippen molar-refractivity contribution in [2.24, 2.45) is 0 Å². The maximum atomic E-state index is 12.4. The standard InChI is InChI=1S/C17H19NO3/c1-11(2)21-15-8-7-13(10-16(15)20-3)17(19)12-5-4-6-14(18)9-12/h4-11H,18H2,1-3H3. The van der Waals surface area contributed by atoms with E-state index in [1.165, 1.54) is 0 Å². The average molecular weight is 285 g/mol. The quantitative estimate of drug-likeness (QED) is 0.676. The van der Waals surface area contributed by atoms with E-state index in [1.54, 1.807) is 49.6 Å². The van der Waals surface area contributed by atoms with Gasteiger partial charge in [0.1, 0.15) is 0 Å². The van der Waals surface area contributed by atoms with Gasteiger partial charge in [-0.2, -0.15) is 0 Å². The third-order valence-corrected chi connectivity index (χ3v) is 2.94. The third-order valence-electron chi connectivity index (χ3n) is 2.94. The van der Waals surface area contributed by atoms with Gasteiger partial charge in [0.05, 0.1) is 13.2 Å². The van der Waals surface area contributed by atoms with Crippen molar-refractivity contribution in [1.29, 1.82) is 0 Å². The summed E-state index contributed by atoms with van der Waals surface area (Å²) in [4.78, 5) is 12.4. The maximum Gasteiger partial charge on any atom is 0.193 e. The van der Waals surface area contributed by atoms with Gasteiger partial charge in [0.2, 0.25) is 0 Å². The molecule has 4 heteroatoms. The fourth-order valence-electron chi connectivity index (χ4n) is 2.01. The van der Waals surface area contributed by atoms with Gasteiger partial charge >= 0.3 is 0 Å². The highest BCUT2D eigenvalue weighted by molar-refractivity contribution is 6.09. The molecular weight excluding hydrogens is 266 g/mol. The zero-order valence-electron chi connectivity index (χ0n) is 12.4. The highest BCUT2D eigenvalue weighted by Crippen LogP contribution is 2.30. The highest BCUT2D eigenvalue weighted by atomic mass is 16.5. The summed E-state index contributed by atoms with van der Waals surface area (Å²) in [5.74, 6) is 1.06. The average Bonchev–Trinajstić information content (AvgIpc) is 2.46. The second-order valence-electron chi connectivity index (χ2n) is 4.99. The summed E-state index contributed by atoms with van der Waals surface area (Å²) >= 11 is 0. The van der Waals surface area contributed by atoms with E-state index in [0.717, 1.165) is 0 Å². The number of carbonyl (C=O) groups is 1. The molecule has 0 saturated carbocycles. The molecule has 0 atom stereocenters. The van der Waals surface area contributed by atoms with Crippen LogP contribution >= 0.6 is 0 Å². The van der Waals surface area contributed by atoms with Gasteiger partial charge < -0.3 is 15.2 Å². The van der Waals surface area contributed by atoms with Crippen molar-refractivity contribution in [3.63, 3.8) is 0 Å². The molecule has 0 radical (unpaired) electrons. The Morgan fingerprint density at radius 3 is 2.38 bits per heavy atom. The van der Waals surface area contributed by atoms with Crippen LogP contribution in [-0.4, -0.2) is 19.0 Å². The van der Waals surface area contributed by atoms with Gasteiger partial charge in [-0.25, -0.2) is 0 Å². The summed E-state index contributed by atoms with van der Waals surface area (Å²) in [7, 11) is 1.55. The molecule has 0 amide bonds. The van der Waals surface area contributed by atoms with Crippen molar-refractivity contribution in [1.82, 2.24) is 0 Å². The van der Waals surface area contributed by atoms with Crippen molar-refractivity contribution >= 4 is 11.5 Å². The third kappa shape index (κ3) is 3.54. The minimum Gasteiger partial charge on any atom is -0.493 e. The van der Waals surface area contributed by atoms with Crippen molar-refractivity contribution in [3.05, 3.63) is 53.6 Å². The smallest absolute Gasteiger partial charge is 0.193 e. The van der Waals surface area contributed by atoms with Gasteiger partial charge in [0, 0.05) is 16.8 Å². The van der Waals surface area contributed by atoms with Crippen LogP contribution in [0.2, 0.25) is 0 Å². The van der Waals surface area contributed by atoms with Gasteiger partial charge in [-0.05, 0) is 44.2 Å². The Hall–Kier alpha value is -2.49. The largest absolute Gasteiger partial charge is 0.493 e. The summed E-state index contributed by atoms with van der Waals surface area (Å²) in [6.45, 7) is 3.87. The zero-order chi connectivity index (χ0) is 15.4. The van der Waals surface area contributed by atoms with Crippen LogP contribution in [0.15, 0.2) is 42.5 Å². The van der Waals surface area contributed by atoms with E-state index in [9.17, 15) is 4.79 Å². The maximum absolute atomic E-state index is 12.4. The number of ketones is 1. The molecule has 2 rings (SSSR count). The number of nitrogen functional groups attached to an aromatic ring is 1. The van der Waals surface area contributed by atoms with Crippen LogP contribution in [0.1, 0.15) is 29.8 Å². The molecule has 0 bridgehead atoms. The normalized spacial score (nSPS) is 10.5. The molecule has 0 spiro atoms. The van der Waals surface area contributed by atoms with E-state index in [4.69, 9.17) is 15.2 Å². The number of anilines is 1. The van der Waals surface area contributed by atoms with Crippen molar-refractivity contribution in [3.8, 4) is 11.5 Å². The van der Waals surface area contributed by atoms with Crippen LogP contribution in [0, 0.1) is 0 Å². The Morgan fingerprint density at radius 1 is 1.05 bits per heavy atom. The number of benzene rings is 2. The summed E-state index contributed by atoms with van der Waals surface area (Å²) in [6.07, 6.45) is 0.0365. The molecule has 0 saturated heterocycles. The fraction of sp³-hybridized carbons (Fsp3) is 0.235. The number of carbonyl (C=O) groups excluding carboxylic acids is 1. The van der Waals surface area contributed by atoms with Gasteiger partial charge in [0.15, 0.2) is 17.3 Å². The summed E-state index contributed by atoms with van der Waals surface area (Å²) in [5.41, 5.74) is 7.36. The molecule has 0 aliphatic carbocycles. The molecule has 2 aromatic rings. The first-order valence-corrected chi connectivity index (χ1v) is 6.76. The van der Waals surface area contributed by atoms with E-state index in [1.807, 2.05) is 13.8 Å². The van der Waals surface area contributed by atoms with Crippen LogP contribution in [0.4, 0.5) is 5.69 Å². The highest BCUT2D eigenvalue weighted by Gasteiger charge is 2.14. The van der Waals surface area contributed by atoms with Crippen molar-refractivity contribution < 1.29 is 14.3 Å². The molecule has 0 aromatic heterocycles. The Labute approximate surface area is 124 Å². The second kappa shape index (κ2) is 6.31. The monoisotopic (exact) mass is 285 g/mol. The summed E-state index contributed by atoms with van der Waals surface area (Å²) < 4.78 is 10.9. The Bertz CT molecular complexity index is 650. The number of rotatable bonds is 5. The minimum atomic E-state index is -0.100. The number of hydrogen-bond acceptors (Lipinski definition) is 4. The molecule has 0 aliphatic rings. The fourth-order valence-corrected chi connectivity index (χ4v) is 2.01. The lowest BCUT2D eigenvalue weighted by molar-refractivity contribution is 0.103. The Balaban J connectivity index is 2.34. The topological polar surface area (TPSA) is 61.5 Å². The molecule has 110 valence electrons. The van der Waals surface area contributed by atoms with Crippen molar-refractivity contribution in [2.75, 3.05) is 12.8 Å². The number of hydrogen-bond donors (Lipinski definition) is 1. The predicted molar refractivity (Wildman–Crippen MR) is 83.0 cm³/mol. The first-order chi connectivity index (χ1) is 10.0. The SMILES string of the molecule is COc1cc(C(=O)c2cccc(N)c2)ccc1OC(C)C. The Morgan fingerprint density at radius 2 is 1.76 bits per heavy atom. The van der Waals surface area contributed by atoms with Crippen molar-refractivity contribution in [2.45, 2.75) is 20.0 Å². The molecule has 4 nitrogen and oxygen atoms in total. The molecule has 2 N–H and O–H groups in total.